The molecule has 2 nitrogen and oxygen atoms in total. The lowest BCUT2D eigenvalue weighted by atomic mass is 9.87. The van der Waals surface area contributed by atoms with Crippen molar-refractivity contribution in [3.8, 4) is 5.75 Å². The van der Waals surface area contributed by atoms with Crippen LogP contribution in [0.4, 0.5) is 0 Å². The van der Waals surface area contributed by atoms with Crippen molar-refractivity contribution in [1.29, 1.82) is 0 Å². The number of esters is 1. The van der Waals surface area contributed by atoms with Crippen LogP contribution in [0.1, 0.15) is 56.2 Å². The molecule has 0 amide bonds. The first-order valence-electron chi connectivity index (χ1n) is 7.21. The van der Waals surface area contributed by atoms with Gasteiger partial charge in [0.25, 0.3) is 0 Å². The minimum atomic E-state index is -0.251. The quantitative estimate of drug-likeness (QED) is 0.594. The summed E-state index contributed by atoms with van der Waals surface area (Å²) in [5.41, 5.74) is 4.01. The second-order valence-corrected chi connectivity index (χ2v) is 5.14. The molecule has 2 heteroatoms. The number of carbonyl (C=O) groups excluding carboxylic acids is 1. The van der Waals surface area contributed by atoms with E-state index in [-0.39, 0.29) is 5.97 Å². The van der Waals surface area contributed by atoms with Crippen molar-refractivity contribution in [3.05, 3.63) is 34.9 Å². The van der Waals surface area contributed by atoms with Crippen molar-refractivity contribution in [2.45, 2.75) is 52.4 Å². The van der Waals surface area contributed by atoms with Gasteiger partial charge in [-0.3, -0.25) is 4.79 Å². The summed E-state index contributed by atoms with van der Waals surface area (Å²) in [6, 6.07) is 4.03. The van der Waals surface area contributed by atoms with Gasteiger partial charge in [-0.15, -0.1) is 0 Å². The van der Waals surface area contributed by atoms with E-state index >= 15 is 0 Å². The molecule has 0 bridgehead atoms. The van der Waals surface area contributed by atoms with Crippen molar-refractivity contribution < 1.29 is 9.53 Å². The van der Waals surface area contributed by atoms with E-state index < -0.39 is 0 Å². The van der Waals surface area contributed by atoms with Gasteiger partial charge in [0.05, 0.1) is 0 Å². The maximum absolute atomic E-state index is 11.1. The van der Waals surface area contributed by atoms with Crippen LogP contribution in [-0.4, -0.2) is 5.97 Å². The van der Waals surface area contributed by atoms with Gasteiger partial charge in [-0.25, -0.2) is 0 Å². The zero-order chi connectivity index (χ0) is 13.7. The van der Waals surface area contributed by atoms with Crippen LogP contribution in [0.2, 0.25) is 0 Å². The van der Waals surface area contributed by atoms with Crippen molar-refractivity contribution in [3.63, 3.8) is 0 Å². The lowest BCUT2D eigenvalue weighted by molar-refractivity contribution is -0.131. The number of hydrogen-bond donors (Lipinski definition) is 0. The molecule has 19 heavy (non-hydrogen) atoms. The first-order chi connectivity index (χ1) is 9.20. The Morgan fingerprint density at radius 3 is 2.84 bits per heavy atom. The molecule has 102 valence electrons. The third kappa shape index (κ3) is 3.69. The van der Waals surface area contributed by atoms with Gasteiger partial charge in [-0.05, 0) is 60.9 Å². The standard InChI is InChI=1S/C17H22O2/c1-3-4-5-8-14-11-16(19-13(2)18)12-15-9-6-7-10-17(14)15/h5,8,11-12H,3-4,6-7,9-10H2,1-2H3. The Morgan fingerprint density at radius 2 is 2.11 bits per heavy atom. The molecule has 1 aromatic rings. The predicted molar refractivity (Wildman–Crippen MR) is 78.3 cm³/mol. The average molecular weight is 258 g/mol. The number of fused-ring (bicyclic) bond motifs is 1. The van der Waals surface area contributed by atoms with E-state index in [1.807, 2.05) is 12.1 Å². The molecule has 2 rings (SSSR count). The van der Waals surface area contributed by atoms with Gasteiger partial charge in [0.15, 0.2) is 0 Å². The number of ether oxygens (including phenoxy) is 1. The van der Waals surface area contributed by atoms with Crippen molar-refractivity contribution in [2.24, 2.45) is 0 Å². The van der Waals surface area contributed by atoms with Crippen LogP contribution < -0.4 is 4.74 Å². The van der Waals surface area contributed by atoms with Gasteiger partial charge >= 0.3 is 5.97 Å². The summed E-state index contributed by atoms with van der Waals surface area (Å²) in [5, 5.41) is 0. The fraction of sp³-hybridized carbons (Fsp3) is 0.471. The highest BCUT2D eigenvalue weighted by Crippen LogP contribution is 2.30. The summed E-state index contributed by atoms with van der Waals surface area (Å²) in [5.74, 6) is 0.434. The lowest BCUT2D eigenvalue weighted by Gasteiger charge is -2.19. The minimum absolute atomic E-state index is 0.251. The fourth-order valence-corrected chi connectivity index (χ4v) is 2.62. The Kier molecular flexibility index (Phi) is 4.78. The number of aryl methyl sites for hydroxylation is 1. The van der Waals surface area contributed by atoms with Crippen LogP contribution >= 0.6 is 0 Å². The molecule has 1 aliphatic carbocycles. The highest BCUT2D eigenvalue weighted by atomic mass is 16.5. The summed E-state index contributed by atoms with van der Waals surface area (Å²) >= 11 is 0. The maximum atomic E-state index is 11.1. The molecule has 0 fully saturated rings. The van der Waals surface area contributed by atoms with E-state index in [9.17, 15) is 4.79 Å². The molecular weight excluding hydrogens is 236 g/mol. The van der Waals surface area contributed by atoms with Crippen LogP contribution in [0.15, 0.2) is 18.2 Å². The molecule has 0 saturated heterocycles. The van der Waals surface area contributed by atoms with Gasteiger partial charge in [-0.2, -0.15) is 0 Å². The van der Waals surface area contributed by atoms with E-state index in [0.29, 0.717) is 5.75 Å². The summed E-state index contributed by atoms with van der Waals surface area (Å²) in [6.07, 6.45) is 11.4. The number of benzene rings is 1. The molecular formula is C17H22O2. The number of carbonyl (C=O) groups is 1. The average Bonchev–Trinajstić information content (AvgIpc) is 2.38. The molecule has 0 N–H and O–H groups in total. The van der Waals surface area contributed by atoms with E-state index in [1.54, 1.807) is 0 Å². The second kappa shape index (κ2) is 6.55. The normalized spacial score (nSPS) is 14.4. The number of allylic oxidation sites excluding steroid dienone is 1. The Hall–Kier alpha value is -1.57. The summed E-state index contributed by atoms with van der Waals surface area (Å²) in [6.45, 7) is 3.63. The number of unbranched alkanes of at least 4 members (excludes halogenated alkanes) is 1. The molecule has 0 unspecified atom stereocenters. The summed E-state index contributed by atoms with van der Waals surface area (Å²) < 4.78 is 5.25. The smallest absolute Gasteiger partial charge is 0.308 e. The third-order valence-corrected chi connectivity index (χ3v) is 3.49. The SMILES string of the molecule is CCCC=Cc1cc(OC(C)=O)cc2c1CCCC2. The van der Waals surface area contributed by atoms with Crippen LogP contribution in [0.5, 0.6) is 5.75 Å². The zero-order valence-electron chi connectivity index (χ0n) is 11.9. The van der Waals surface area contributed by atoms with E-state index in [4.69, 9.17) is 4.74 Å². The van der Waals surface area contributed by atoms with E-state index in [2.05, 4.69) is 19.1 Å². The molecule has 1 aromatic carbocycles. The fourth-order valence-electron chi connectivity index (χ4n) is 2.62. The van der Waals surface area contributed by atoms with E-state index in [0.717, 1.165) is 25.7 Å². The van der Waals surface area contributed by atoms with Crippen molar-refractivity contribution in [1.82, 2.24) is 0 Å². The third-order valence-electron chi connectivity index (χ3n) is 3.49. The van der Waals surface area contributed by atoms with Gasteiger partial charge in [0, 0.05) is 6.92 Å². The van der Waals surface area contributed by atoms with Crippen LogP contribution in [0, 0.1) is 0 Å². The molecule has 0 saturated carbocycles. The van der Waals surface area contributed by atoms with Crippen LogP contribution in [0.3, 0.4) is 0 Å². The molecule has 0 aromatic heterocycles. The minimum Gasteiger partial charge on any atom is -0.427 e. The Labute approximate surface area is 115 Å². The summed E-state index contributed by atoms with van der Waals surface area (Å²) in [7, 11) is 0. The van der Waals surface area contributed by atoms with Gasteiger partial charge in [0.1, 0.15) is 5.75 Å². The second-order valence-electron chi connectivity index (χ2n) is 5.14. The summed E-state index contributed by atoms with van der Waals surface area (Å²) in [4.78, 5) is 11.1. The maximum Gasteiger partial charge on any atom is 0.308 e. The van der Waals surface area contributed by atoms with Gasteiger partial charge in [0.2, 0.25) is 0 Å². The Balaban J connectivity index is 2.34. The highest BCUT2D eigenvalue weighted by Gasteiger charge is 2.14. The molecule has 0 heterocycles. The van der Waals surface area contributed by atoms with Crippen molar-refractivity contribution in [2.75, 3.05) is 0 Å². The number of hydrogen-bond acceptors (Lipinski definition) is 2. The first-order valence-corrected chi connectivity index (χ1v) is 7.21. The monoisotopic (exact) mass is 258 g/mol. The number of rotatable bonds is 4. The Morgan fingerprint density at radius 1 is 1.32 bits per heavy atom. The molecule has 1 aliphatic rings. The van der Waals surface area contributed by atoms with Crippen molar-refractivity contribution >= 4 is 12.0 Å². The molecule has 0 aliphatic heterocycles. The van der Waals surface area contributed by atoms with Crippen LogP contribution in [0.25, 0.3) is 6.08 Å². The molecule has 0 spiro atoms. The van der Waals surface area contributed by atoms with Gasteiger partial charge in [-0.1, -0.05) is 25.5 Å². The van der Waals surface area contributed by atoms with Gasteiger partial charge < -0.3 is 4.74 Å². The van der Waals surface area contributed by atoms with Crippen LogP contribution in [-0.2, 0) is 17.6 Å². The topological polar surface area (TPSA) is 26.3 Å². The largest absolute Gasteiger partial charge is 0.427 e. The lowest BCUT2D eigenvalue weighted by Crippen LogP contribution is -2.08. The predicted octanol–water partition coefficient (Wildman–Crippen LogP) is 4.30. The van der Waals surface area contributed by atoms with E-state index in [1.165, 1.54) is 36.5 Å². The highest BCUT2D eigenvalue weighted by molar-refractivity contribution is 5.70. The first kappa shape index (κ1) is 13.9. The molecule has 0 atom stereocenters. The zero-order valence-corrected chi connectivity index (χ0v) is 11.9. The Bertz CT molecular complexity index is 486. The molecule has 0 radical (unpaired) electrons.